The minimum absolute atomic E-state index is 0.160. The third-order valence-electron chi connectivity index (χ3n) is 3.19. The predicted octanol–water partition coefficient (Wildman–Crippen LogP) is 3.02. The maximum atomic E-state index is 12.2. The summed E-state index contributed by atoms with van der Waals surface area (Å²) >= 11 is 3.42. The Hall–Kier alpha value is -1.15. The number of likely N-dealkylation sites (N-methyl/N-ethyl adjacent to an activating group) is 1. The standard InChI is InChI=1S/C17H27BrN2O4/c1-12(2)24-8-7-23-11-14(21)10-20(4)17(22)19-16-6-5-13(3)9-15(16)18/h5-6,9,12,14,21H,7-8,10-11H2,1-4H3,(H,19,22)/t14-/m0/s1. The Morgan fingerprint density at radius 2 is 2.08 bits per heavy atom. The van der Waals surface area contributed by atoms with E-state index < -0.39 is 6.10 Å². The van der Waals surface area contributed by atoms with Crippen LogP contribution in [0.1, 0.15) is 19.4 Å². The summed E-state index contributed by atoms with van der Waals surface area (Å²) in [5.41, 5.74) is 1.79. The Bertz CT molecular complexity index is 525. The van der Waals surface area contributed by atoms with Crippen molar-refractivity contribution >= 4 is 27.6 Å². The summed E-state index contributed by atoms with van der Waals surface area (Å²) in [6.07, 6.45) is -0.587. The smallest absolute Gasteiger partial charge is 0.321 e. The first kappa shape index (κ1) is 20.9. The van der Waals surface area contributed by atoms with Crippen LogP contribution in [0.5, 0.6) is 0 Å². The monoisotopic (exact) mass is 402 g/mol. The van der Waals surface area contributed by atoms with E-state index in [1.165, 1.54) is 4.90 Å². The lowest BCUT2D eigenvalue weighted by Crippen LogP contribution is -2.39. The second kappa shape index (κ2) is 10.7. The quantitative estimate of drug-likeness (QED) is 0.622. The number of hydrogen-bond donors (Lipinski definition) is 2. The number of carbonyl (C=O) groups is 1. The number of nitrogens with zero attached hydrogens (tertiary/aromatic N) is 1. The number of amides is 2. The van der Waals surface area contributed by atoms with Gasteiger partial charge in [0.25, 0.3) is 0 Å². The van der Waals surface area contributed by atoms with Crippen LogP contribution in [-0.4, -0.2) is 61.7 Å². The highest BCUT2D eigenvalue weighted by Gasteiger charge is 2.15. The van der Waals surface area contributed by atoms with Gasteiger partial charge in [-0.3, -0.25) is 0 Å². The van der Waals surface area contributed by atoms with Crippen molar-refractivity contribution in [2.24, 2.45) is 0 Å². The Labute approximate surface area is 152 Å². The molecule has 2 N–H and O–H groups in total. The van der Waals surface area contributed by atoms with Crippen LogP contribution in [0.15, 0.2) is 22.7 Å². The normalized spacial score (nSPS) is 12.3. The van der Waals surface area contributed by atoms with Crippen molar-refractivity contribution in [3.8, 4) is 0 Å². The van der Waals surface area contributed by atoms with Crippen LogP contribution >= 0.6 is 15.9 Å². The number of benzene rings is 1. The van der Waals surface area contributed by atoms with Gasteiger partial charge >= 0.3 is 6.03 Å². The number of hydrogen-bond acceptors (Lipinski definition) is 4. The zero-order valence-corrected chi connectivity index (χ0v) is 16.3. The van der Waals surface area contributed by atoms with E-state index in [1.807, 2.05) is 39.0 Å². The molecule has 0 aliphatic heterocycles. The highest BCUT2D eigenvalue weighted by molar-refractivity contribution is 9.10. The van der Waals surface area contributed by atoms with Gasteiger partial charge in [-0.25, -0.2) is 4.79 Å². The average Bonchev–Trinajstić information content (AvgIpc) is 2.49. The molecule has 0 saturated heterocycles. The van der Waals surface area contributed by atoms with Gasteiger partial charge in [0, 0.05) is 11.5 Å². The van der Waals surface area contributed by atoms with E-state index in [0.717, 1.165) is 10.0 Å². The third-order valence-corrected chi connectivity index (χ3v) is 3.84. The van der Waals surface area contributed by atoms with E-state index in [0.29, 0.717) is 18.9 Å². The van der Waals surface area contributed by atoms with Crippen LogP contribution in [0, 0.1) is 6.92 Å². The van der Waals surface area contributed by atoms with Gasteiger partial charge in [0.1, 0.15) is 0 Å². The maximum absolute atomic E-state index is 12.2. The first-order valence-electron chi connectivity index (χ1n) is 7.95. The maximum Gasteiger partial charge on any atom is 0.321 e. The molecule has 1 atom stereocenters. The topological polar surface area (TPSA) is 71.0 Å². The van der Waals surface area contributed by atoms with Crippen LogP contribution in [-0.2, 0) is 9.47 Å². The summed E-state index contributed by atoms with van der Waals surface area (Å²) in [5, 5.41) is 12.7. The molecule has 2 amide bonds. The molecule has 0 aliphatic rings. The summed E-state index contributed by atoms with van der Waals surface area (Å²) in [5.74, 6) is 0. The van der Waals surface area contributed by atoms with Crippen LogP contribution < -0.4 is 5.32 Å². The highest BCUT2D eigenvalue weighted by atomic mass is 79.9. The van der Waals surface area contributed by atoms with Crippen molar-refractivity contribution in [2.75, 3.05) is 38.7 Å². The van der Waals surface area contributed by atoms with Crippen molar-refractivity contribution in [3.63, 3.8) is 0 Å². The van der Waals surface area contributed by atoms with Gasteiger partial charge in [-0.2, -0.15) is 0 Å². The lowest BCUT2D eigenvalue weighted by molar-refractivity contribution is -0.0144. The Balaban J connectivity index is 2.32. The molecule has 1 aromatic rings. The van der Waals surface area contributed by atoms with Crippen molar-refractivity contribution in [1.82, 2.24) is 4.90 Å². The number of aliphatic hydroxyl groups is 1. The van der Waals surface area contributed by atoms with Gasteiger partial charge in [0.2, 0.25) is 0 Å². The highest BCUT2D eigenvalue weighted by Crippen LogP contribution is 2.23. The van der Waals surface area contributed by atoms with Crippen molar-refractivity contribution < 1.29 is 19.4 Å². The number of halogens is 1. The van der Waals surface area contributed by atoms with Gasteiger partial charge in [-0.05, 0) is 54.4 Å². The second-order valence-electron chi connectivity index (χ2n) is 5.94. The Kier molecular flexibility index (Phi) is 9.28. The molecule has 0 heterocycles. The minimum Gasteiger partial charge on any atom is -0.389 e. The summed E-state index contributed by atoms with van der Waals surface area (Å²) in [6.45, 7) is 7.13. The SMILES string of the molecule is Cc1ccc(NC(=O)N(C)C[C@H](O)COCCOC(C)C)c(Br)c1. The number of aryl methyl sites for hydroxylation is 1. The molecule has 1 rings (SSSR count). The molecule has 1 aromatic carbocycles. The number of carbonyl (C=O) groups excluding carboxylic acids is 1. The number of nitrogens with one attached hydrogen (secondary N) is 1. The van der Waals surface area contributed by atoms with E-state index >= 15 is 0 Å². The molecule has 6 nitrogen and oxygen atoms in total. The van der Waals surface area contributed by atoms with E-state index in [-0.39, 0.29) is 25.3 Å². The first-order chi connectivity index (χ1) is 11.3. The van der Waals surface area contributed by atoms with Gasteiger partial charge in [-0.15, -0.1) is 0 Å². The average molecular weight is 403 g/mol. The third kappa shape index (κ3) is 8.10. The van der Waals surface area contributed by atoms with Crippen molar-refractivity contribution in [2.45, 2.75) is 33.0 Å². The predicted molar refractivity (Wildman–Crippen MR) is 98.4 cm³/mol. The van der Waals surface area contributed by atoms with E-state index in [2.05, 4.69) is 21.2 Å². The molecular formula is C17H27BrN2O4. The van der Waals surface area contributed by atoms with Crippen LogP contribution in [0.2, 0.25) is 0 Å². The fourth-order valence-electron chi connectivity index (χ4n) is 1.95. The molecule has 24 heavy (non-hydrogen) atoms. The first-order valence-corrected chi connectivity index (χ1v) is 8.74. The molecule has 0 aliphatic carbocycles. The minimum atomic E-state index is -0.749. The van der Waals surface area contributed by atoms with Gasteiger partial charge in [0.05, 0.1) is 44.3 Å². The fourth-order valence-corrected chi connectivity index (χ4v) is 2.54. The number of anilines is 1. The van der Waals surface area contributed by atoms with Gasteiger partial charge < -0.3 is 24.8 Å². The summed E-state index contributed by atoms with van der Waals surface area (Å²) in [6, 6.07) is 5.39. The zero-order valence-electron chi connectivity index (χ0n) is 14.7. The summed E-state index contributed by atoms with van der Waals surface area (Å²) in [7, 11) is 1.63. The van der Waals surface area contributed by atoms with Gasteiger partial charge in [-0.1, -0.05) is 6.07 Å². The molecule has 0 radical (unpaired) electrons. The summed E-state index contributed by atoms with van der Waals surface area (Å²) < 4.78 is 11.5. The fraction of sp³-hybridized carbons (Fsp3) is 0.588. The Morgan fingerprint density at radius 1 is 1.38 bits per heavy atom. The van der Waals surface area contributed by atoms with Crippen LogP contribution in [0.3, 0.4) is 0 Å². The molecule has 7 heteroatoms. The van der Waals surface area contributed by atoms with E-state index in [4.69, 9.17) is 9.47 Å². The molecule has 0 fully saturated rings. The number of aliphatic hydroxyl groups excluding tert-OH is 1. The zero-order chi connectivity index (χ0) is 18.1. The van der Waals surface area contributed by atoms with E-state index in [1.54, 1.807) is 7.05 Å². The molecule has 0 aromatic heterocycles. The largest absolute Gasteiger partial charge is 0.389 e. The van der Waals surface area contributed by atoms with E-state index in [9.17, 15) is 9.90 Å². The van der Waals surface area contributed by atoms with Crippen molar-refractivity contribution in [1.29, 1.82) is 0 Å². The van der Waals surface area contributed by atoms with Crippen molar-refractivity contribution in [3.05, 3.63) is 28.2 Å². The molecular weight excluding hydrogens is 376 g/mol. The van der Waals surface area contributed by atoms with Gasteiger partial charge in [0.15, 0.2) is 0 Å². The number of ether oxygens (including phenoxy) is 2. The lowest BCUT2D eigenvalue weighted by atomic mass is 10.2. The Morgan fingerprint density at radius 3 is 2.71 bits per heavy atom. The second-order valence-corrected chi connectivity index (χ2v) is 6.80. The molecule has 0 spiro atoms. The molecule has 0 unspecified atom stereocenters. The number of rotatable bonds is 9. The molecule has 136 valence electrons. The lowest BCUT2D eigenvalue weighted by Gasteiger charge is -2.22. The molecule has 0 bridgehead atoms. The summed E-state index contributed by atoms with van der Waals surface area (Å²) in [4.78, 5) is 13.6. The molecule has 0 saturated carbocycles. The number of urea groups is 1. The van der Waals surface area contributed by atoms with Crippen LogP contribution in [0.25, 0.3) is 0 Å². The van der Waals surface area contributed by atoms with Crippen LogP contribution in [0.4, 0.5) is 10.5 Å².